The van der Waals surface area contributed by atoms with Crippen molar-refractivity contribution in [3.8, 4) is 0 Å². The first-order valence-electron chi connectivity index (χ1n) is 6.33. The Labute approximate surface area is 109 Å². The van der Waals surface area contributed by atoms with Crippen LogP contribution in [0.5, 0.6) is 0 Å². The molecule has 0 aliphatic heterocycles. The van der Waals surface area contributed by atoms with Crippen LogP contribution < -0.4 is 5.32 Å². The van der Waals surface area contributed by atoms with Crippen LogP contribution in [0.15, 0.2) is 42.6 Å². The van der Waals surface area contributed by atoms with E-state index >= 15 is 0 Å². The number of aromatic nitrogens is 2. The van der Waals surface area contributed by atoms with Crippen LogP contribution in [0, 0.1) is 0 Å². The van der Waals surface area contributed by atoms with Crippen molar-refractivity contribution in [2.45, 2.75) is 25.8 Å². The van der Waals surface area contributed by atoms with Crippen molar-refractivity contribution in [2.24, 2.45) is 7.05 Å². The van der Waals surface area contributed by atoms with Gasteiger partial charge in [-0.2, -0.15) is 5.10 Å². The van der Waals surface area contributed by atoms with Crippen molar-refractivity contribution in [1.29, 1.82) is 0 Å². The van der Waals surface area contributed by atoms with Gasteiger partial charge in [0, 0.05) is 31.7 Å². The van der Waals surface area contributed by atoms with Crippen LogP contribution in [-0.4, -0.2) is 16.3 Å². The standard InChI is InChI=1S/C15H21N3/c1-15(2,13-7-5-4-6-8-13)12-16-11-14-9-10-17-18(14)3/h4-10,16H,11-12H2,1-3H3. The van der Waals surface area contributed by atoms with Crippen molar-refractivity contribution in [1.82, 2.24) is 15.1 Å². The summed E-state index contributed by atoms with van der Waals surface area (Å²) < 4.78 is 1.91. The lowest BCUT2D eigenvalue weighted by Gasteiger charge is -2.25. The highest BCUT2D eigenvalue weighted by atomic mass is 15.3. The van der Waals surface area contributed by atoms with Gasteiger partial charge in [0.25, 0.3) is 0 Å². The van der Waals surface area contributed by atoms with E-state index in [4.69, 9.17) is 0 Å². The minimum Gasteiger partial charge on any atom is -0.310 e. The molecule has 0 saturated heterocycles. The number of aryl methyl sites for hydroxylation is 1. The average Bonchev–Trinajstić information content (AvgIpc) is 2.76. The van der Waals surface area contributed by atoms with Crippen LogP contribution in [0.1, 0.15) is 25.1 Å². The third-order valence-electron chi connectivity index (χ3n) is 3.35. The van der Waals surface area contributed by atoms with E-state index < -0.39 is 0 Å². The Kier molecular flexibility index (Phi) is 3.82. The number of benzene rings is 1. The Morgan fingerprint density at radius 2 is 1.89 bits per heavy atom. The van der Waals surface area contributed by atoms with Crippen LogP contribution in [0.3, 0.4) is 0 Å². The molecule has 0 atom stereocenters. The summed E-state index contributed by atoms with van der Waals surface area (Å²) in [5.74, 6) is 0. The average molecular weight is 243 g/mol. The van der Waals surface area contributed by atoms with Crippen LogP contribution in [0.25, 0.3) is 0 Å². The monoisotopic (exact) mass is 243 g/mol. The topological polar surface area (TPSA) is 29.9 Å². The maximum Gasteiger partial charge on any atom is 0.0518 e. The second-order valence-corrected chi connectivity index (χ2v) is 5.30. The van der Waals surface area contributed by atoms with E-state index in [1.165, 1.54) is 11.3 Å². The summed E-state index contributed by atoms with van der Waals surface area (Å²) >= 11 is 0. The van der Waals surface area contributed by atoms with Gasteiger partial charge in [0.15, 0.2) is 0 Å². The molecule has 2 rings (SSSR count). The predicted molar refractivity (Wildman–Crippen MR) is 74.4 cm³/mol. The first kappa shape index (κ1) is 12.8. The van der Waals surface area contributed by atoms with Gasteiger partial charge < -0.3 is 5.32 Å². The predicted octanol–water partition coefficient (Wildman–Crippen LogP) is 2.49. The van der Waals surface area contributed by atoms with Crippen LogP contribution in [0.4, 0.5) is 0 Å². The molecular formula is C15H21N3. The van der Waals surface area contributed by atoms with Crippen LogP contribution >= 0.6 is 0 Å². The van der Waals surface area contributed by atoms with Crippen molar-refractivity contribution >= 4 is 0 Å². The van der Waals surface area contributed by atoms with Gasteiger partial charge in [0.2, 0.25) is 0 Å². The first-order chi connectivity index (χ1) is 8.59. The Morgan fingerprint density at radius 3 is 2.50 bits per heavy atom. The van der Waals surface area contributed by atoms with Crippen LogP contribution in [0.2, 0.25) is 0 Å². The third kappa shape index (κ3) is 2.99. The zero-order valence-electron chi connectivity index (χ0n) is 11.4. The van der Waals surface area contributed by atoms with Gasteiger partial charge in [-0.25, -0.2) is 0 Å². The molecular weight excluding hydrogens is 222 g/mol. The number of hydrogen-bond donors (Lipinski definition) is 1. The fourth-order valence-corrected chi connectivity index (χ4v) is 2.07. The van der Waals surface area contributed by atoms with Crippen molar-refractivity contribution in [3.05, 3.63) is 53.9 Å². The Morgan fingerprint density at radius 1 is 1.17 bits per heavy atom. The summed E-state index contributed by atoms with van der Waals surface area (Å²) in [5, 5.41) is 7.67. The van der Waals surface area contributed by atoms with E-state index in [-0.39, 0.29) is 5.41 Å². The Hall–Kier alpha value is -1.61. The van der Waals surface area contributed by atoms with Gasteiger partial charge >= 0.3 is 0 Å². The number of nitrogens with zero attached hydrogens (tertiary/aromatic N) is 2. The van der Waals surface area contributed by atoms with Gasteiger partial charge in [-0.3, -0.25) is 4.68 Å². The number of hydrogen-bond acceptors (Lipinski definition) is 2. The zero-order chi connectivity index (χ0) is 13.0. The van der Waals surface area contributed by atoms with Gasteiger partial charge in [0.05, 0.1) is 5.69 Å². The van der Waals surface area contributed by atoms with Gasteiger partial charge in [-0.1, -0.05) is 44.2 Å². The minimum absolute atomic E-state index is 0.139. The fraction of sp³-hybridized carbons (Fsp3) is 0.400. The van der Waals surface area contributed by atoms with E-state index in [0.717, 1.165) is 13.1 Å². The lowest BCUT2D eigenvalue weighted by molar-refractivity contribution is 0.462. The summed E-state index contributed by atoms with van der Waals surface area (Å²) in [5.41, 5.74) is 2.71. The quantitative estimate of drug-likeness (QED) is 0.874. The number of nitrogens with one attached hydrogen (secondary N) is 1. The van der Waals surface area contributed by atoms with Gasteiger partial charge in [-0.05, 0) is 11.6 Å². The van der Waals surface area contributed by atoms with Gasteiger partial charge in [0.1, 0.15) is 0 Å². The summed E-state index contributed by atoms with van der Waals surface area (Å²) in [6.07, 6.45) is 1.83. The summed E-state index contributed by atoms with van der Waals surface area (Å²) in [7, 11) is 1.97. The minimum atomic E-state index is 0.139. The zero-order valence-corrected chi connectivity index (χ0v) is 11.4. The molecule has 18 heavy (non-hydrogen) atoms. The third-order valence-corrected chi connectivity index (χ3v) is 3.35. The molecule has 1 aromatic carbocycles. The highest BCUT2D eigenvalue weighted by Crippen LogP contribution is 2.21. The van der Waals surface area contributed by atoms with Gasteiger partial charge in [-0.15, -0.1) is 0 Å². The molecule has 3 heteroatoms. The molecule has 0 bridgehead atoms. The maximum atomic E-state index is 4.17. The van der Waals surface area contributed by atoms with Crippen LogP contribution in [-0.2, 0) is 19.0 Å². The van der Waals surface area contributed by atoms with E-state index in [0.29, 0.717) is 0 Å². The highest BCUT2D eigenvalue weighted by molar-refractivity contribution is 5.23. The molecule has 1 aromatic heterocycles. The molecule has 0 amide bonds. The fourth-order valence-electron chi connectivity index (χ4n) is 2.07. The highest BCUT2D eigenvalue weighted by Gasteiger charge is 2.19. The second-order valence-electron chi connectivity index (χ2n) is 5.30. The molecule has 0 radical (unpaired) electrons. The molecule has 0 aliphatic rings. The molecule has 0 aliphatic carbocycles. The molecule has 0 fully saturated rings. The molecule has 1 N–H and O–H groups in total. The molecule has 0 spiro atoms. The van der Waals surface area contributed by atoms with E-state index in [2.05, 4.69) is 54.6 Å². The smallest absolute Gasteiger partial charge is 0.0518 e. The van der Waals surface area contributed by atoms with Crippen molar-refractivity contribution in [2.75, 3.05) is 6.54 Å². The van der Waals surface area contributed by atoms with E-state index in [1.807, 2.05) is 24.0 Å². The molecule has 1 heterocycles. The Balaban J connectivity index is 1.92. The lowest BCUT2D eigenvalue weighted by atomic mass is 9.84. The van der Waals surface area contributed by atoms with Crippen molar-refractivity contribution < 1.29 is 0 Å². The second kappa shape index (κ2) is 5.36. The maximum absolute atomic E-state index is 4.17. The molecule has 96 valence electrons. The molecule has 2 aromatic rings. The number of rotatable bonds is 5. The lowest BCUT2D eigenvalue weighted by Crippen LogP contribution is -2.33. The normalized spacial score (nSPS) is 11.7. The molecule has 0 unspecified atom stereocenters. The molecule has 3 nitrogen and oxygen atoms in total. The Bertz CT molecular complexity index is 485. The summed E-state index contributed by atoms with van der Waals surface area (Å²) in [6.45, 7) is 6.33. The SMILES string of the molecule is Cn1nccc1CNCC(C)(C)c1ccccc1. The largest absolute Gasteiger partial charge is 0.310 e. The van der Waals surface area contributed by atoms with E-state index in [9.17, 15) is 0 Å². The summed E-state index contributed by atoms with van der Waals surface area (Å²) in [6, 6.07) is 12.7. The first-order valence-corrected chi connectivity index (χ1v) is 6.33. The molecule has 0 saturated carbocycles. The van der Waals surface area contributed by atoms with E-state index in [1.54, 1.807) is 0 Å². The summed E-state index contributed by atoms with van der Waals surface area (Å²) in [4.78, 5) is 0. The van der Waals surface area contributed by atoms with Crippen molar-refractivity contribution in [3.63, 3.8) is 0 Å².